The van der Waals surface area contributed by atoms with Gasteiger partial charge < -0.3 is 9.84 Å². The highest BCUT2D eigenvalue weighted by Crippen LogP contribution is 2.14. The van der Waals surface area contributed by atoms with E-state index in [0.717, 1.165) is 37.0 Å². The quantitative estimate of drug-likeness (QED) is 0.486. The number of carboxylic acids is 1. The van der Waals surface area contributed by atoms with Crippen LogP contribution in [-0.2, 0) is 11.2 Å². The molecule has 1 aromatic rings. The van der Waals surface area contributed by atoms with Crippen molar-refractivity contribution < 1.29 is 14.6 Å². The van der Waals surface area contributed by atoms with Gasteiger partial charge >= 0.3 is 5.97 Å². The largest absolute Gasteiger partial charge is 0.490 e. The smallest absolute Gasteiger partial charge is 0.307 e. The molecule has 0 saturated heterocycles. The molecule has 0 radical (unpaired) electrons. The van der Waals surface area contributed by atoms with Crippen molar-refractivity contribution >= 4 is 5.97 Å². The van der Waals surface area contributed by atoms with Crippen LogP contribution in [0.15, 0.2) is 59.2 Å². The fraction of sp³-hybridized carbons (Fsp3) is 0.435. The molecule has 0 aliphatic carbocycles. The zero-order valence-corrected chi connectivity index (χ0v) is 16.5. The number of carboxylic acid groups (broad SMARTS) is 1. The lowest BCUT2D eigenvalue weighted by molar-refractivity contribution is -0.136. The van der Waals surface area contributed by atoms with Crippen LogP contribution in [0.25, 0.3) is 0 Å². The lowest BCUT2D eigenvalue weighted by atomic mass is 10.1. The summed E-state index contributed by atoms with van der Waals surface area (Å²) in [4.78, 5) is 10.7. The number of rotatable bonds is 11. The molecular formula is C23H32O3. The van der Waals surface area contributed by atoms with Gasteiger partial charge in [0.1, 0.15) is 12.4 Å². The van der Waals surface area contributed by atoms with Crippen LogP contribution >= 0.6 is 0 Å². The Labute approximate surface area is 158 Å². The number of benzene rings is 1. The van der Waals surface area contributed by atoms with Crippen LogP contribution < -0.4 is 4.74 Å². The Bertz CT molecular complexity index is 645. The molecule has 26 heavy (non-hydrogen) atoms. The predicted molar refractivity (Wildman–Crippen MR) is 109 cm³/mol. The molecule has 0 fully saturated rings. The highest BCUT2D eigenvalue weighted by atomic mass is 16.5. The monoisotopic (exact) mass is 356 g/mol. The van der Waals surface area contributed by atoms with Crippen molar-refractivity contribution in [2.24, 2.45) is 0 Å². The molecule has 0 heterocycles. The average Bonchev–Trinajstić information content (AvgIpc) is 2.55. The van der Waals surface area contributed by atoms with Crippen LogP contribution in [0.5, 0.6) is 5.75 Å². The molecule has 3 nitrogen and oxygen atoms in total. The summed E-state index contributed by atoms with van der Waals surface area (Å²) in [6.45, 7) is 9.15. The number of aliphatic carboxylic acids is 1. The average molecular weight is 357 g/mol. The van der Waals surface area contributed by atoms with Crippen LogP contribution in [-0.4, -0.2) is 17.7 Å². The molecular weight excluding hydrogens is 324 g/mol. The summed E-state index contributed by atoms with van der Waals surface area (Å²) in [5.41, 5.74) is 4.94. The second-order valence-electron chi connectivity index (χ2n) is 6.99. The van der Waals surface area contributed by atoms with Crippen LogP contribution in [0.4, 0.5) is 0 Å². The maximum atomic E-state index is 10.7. The maximum absolute atomic E-state index is 10.7. The molecule has 3 heteroatoms. The van der Waals surface area contributed by atoms with Crippen molar-refractivity contribution in [1.82, 2.24) is 0 Å². The predicted octanol–water partition coefficient (Wildman–Crippen LogP) is 6.11. The van der Waals surface area contributed by atoms with E-state index in [4.69, 9.17) is 9.84 Å². The molecule has 1 N–H and O–H groups in total. The van der Waals surface area contributed by atoms with Crippen molar-refractivity contribution in [1.29, 1.82) is 0 Å². The normalized spacial score (nSPS) is 12.0. The van der Waals surface area contributed by atoms with E-state index in [0.29, 0.717) is 6.61 Å². The van der Waals surface area contributed by atoms with Crippen LogP contribution in [0.1, 0.15) is 58.9 Å². The Morgan fingerprint density at radius 1 is 0.923 bits per heavy atom. The van der Waals surface area contributed by atoms with Gasteiger partial charge in [0.2, 0.25) is 0 Å². The van der Waals surface area contributed by atoms with Gasteiger partial charge in [-0.2, -0.15) is 0 Å². The highest BCUT2D eigenvalue weighted by Gasteiger charge is 2.00. The molecule has 0 spiro atoms. The molecule has 0 unspecified atom stereocenters. The van der Waals surface area contributed by atoms with Gasteiger partial charge in [-0.3, -0.25) is 4.79 Å². The number of hydrogen-bond donors (Lipinski definition) is 1. The van der Waals surface area contributed by atoms with E-state index in [9.17, 15) is 4.79 Å². The Morgan fingerprint density at radius 2 is 1.50 bits per heavy atom. The Morgan fingerprint density at radius 3 is 2.08 bits per heavy atom. The summed E-state index contributed by atoms with van der Waals surface area (Å²) in [7, 11) is 0. The van der Waals surface area contributed by atoms with Gasteiger partial charge in [-0.15, -0.1) is 0 Å². The summed E-state index contributed by atoms with van der Waals surface area (Å²) in [5, 5.41) is 8.76. The molecule has 142 valence electrons. The van der Waals surface area contributed by atoms with Gasteiger partial charge in [0.05, 0.1) is 6.42 Å². The van der Waals surface area contributed by atoms with Gasteiger partial charge in [0, 0.05) is 0 Å². The second-order valence-corrected chi connectivity index (χ2v) is 6.99. The van der Waals surface area contributed by atoms with E-state index in [1.54, 1.807) is 12.1 Å². The number of carbonyl (C=O) groups is 1. The summed E-state index contributed by atoms with van der Waals surface area (Å²) in [6.07, 6.45) is 11.1. The molecule has 0 amide bonds. The van der Waals surface area contributed by atoms with Crippen molar-refractivity contribution in [2.75, 3.05) is 6.61 Å². The molecule has 0 aliphatic rings. The van der Waals surface area contributed by atoms with Gasteiger partial charge in [-0.25, -0.2) is 0 Å². The fourth-order valence-corrected chi connectivity index (χ4v) is 2.50. The van der Waals surface area contributed by atoms with Gasteiger partial charge in [0.15, 0.2) is 0 Å². The Balaban J connectivity index is 2.31. The molecule has 1 rings (SSSR count). The SMILES string of the molecule is CC(C)=CCCC(C)=CCCC(C)=CCOc1ccc(CC(=O)O)cc1. The van der Waals surface area contributed by atoms with E-state index >= 15 is 0 Å². The summed E-state index contributed by atoms with van der Waals surface area (Å²) in [6, 6.07) is 7.23. The van der Waals surface area contributed by atoms with E-state index < -0.39 is 5.97 Å². The van der Waals surface area contributed by atoms with Gasteiger partial charge in [-0.05, 0) is 77.2 Å². The first-order valence-electron chi connectivity index (χ1n) is 9.25. The zero-order chi connectivity index (χ0) is 19.4. The Hall–Kier alpha value is -2.29. The summed E-state index contributed by atoms with van der Waals surface area (Å²) in [5.74, 6) is -0.0587. The zero-order valence-electron chi connectivity index (χ0n) is 16.5. The topological polar surface area (TPSA) is 46.5 Å². The van der Waals surface area contributed by atoms with Crippen molar-refractivity contribution in [2.45, 2.75) is 59.8 Å². The first-order chi connectivity index (χ1) is 12.4. The Kier molecular flexibility index (Phi) is 10.1. The molecule has 1 aromatic carbocycles. The minimum absolute atomic E-state index is 0.0422. The van der Waals surface area contributed by atoms with Crippen LogP contribution in [0.3, 0.4) is 0 Å². The molecule has 0 aliphatic heterocycles. The van der Waals surface area contributed by atoms with E-state index in [2.05, 4.69) is 45.9 Å². The third-order valence-electron chi connectivity index (χ3n) is 4.08. The lowest BCUT2D eigenvalue weighted by Crippen LogP contribution is -2.00. The van der Waals surface area contributed by atoms with Gasteiger partial charge in [0.25, 0.3) is 0 Å². The maximum Gasteiger partial charge on any atom is 0.307 e. The molecule has 0 bridgehead atoms. The standard InChI is InChI=1S/C23H32O3/c1-18(2)7-5-8-19(3)9-6-10-20(4)15-16-26-22-13-11-21(12-14-22)17-23(24)25/h7,9,11-15H,5-6,8,10,16-17H2,1-4H3,(H,24,25). The van der Waals surface area contributed by atoms with Crippen molar-refractivity contribution in [3.63, 3.8) is 0 Å². The minimum atomic E-state index is -0.821. The second kappa shape index (κ2) is 12.1. The lowest BCUT2D eigenvalue weighted by Gasteiger charge is -2.05. The van der Waals surface area contributed by atoms with E-state index in [1.165, 1.54) is 16.7 Å². The number of allylic oxidation sites excluding steroid dienone is 5. The molecule has 0 saturated carbocycles. The highest BCUT2D eigenvalue weighted by molar-refractivity contribution is 5.70. The van der Waals surface area contributed by atoms with E-state index in [1.807, 2.05) is 12.1 Å². The van der Waals surface area contributed by atoms with Crippen molar-refractivity contribution in [3.8, 4) is 5.75 Å². The summed E-state index contributed by atoms with van der Waals surface area (Å²) < 4.78 is 5.69. The first kappa shape index (κ1) is 21.8. The van der Waals surface area contributed by atoms with Crippen LogP contribution in [0.2, 0.25) is 0 Å². The number of hydrogen-bond acceptors (Lipinski definition) is 2. The third kappa shape index (κ3) is 10.5. The van der Waals surface area contributed by atoms with Crippen LogP contribution in [0, 0.1) is 0 Å². The van der Waals surface area contributed by atoms with E-state index in [-0.39, 0.29) is 6.42 Å². The van der Waals surface area contributed by atoms with Crippen molar-refractivity contribution in [3.05, 3.63) is 64.8 Å². The first-order valence-corrected chi connectivity index (χ1v) is 9.25. The van der Waals surface area contributed by atoms with Gasteiger partial charge in [-0.1, -0.05) is 41.0 Å². The fourth-order valence-electron chi connectivity index (χ4n) is 2.50. The molecule has 0 atom stereocenters. The summed E-state index contributed by atoms with van der Waals surface area (Å²) >= 11 is 0. The molecule has 0 aromatic heterocycles. The number of ether oxygens (including phenoxy) is 1. The minimum Gasteiger partial charge on any atom is -0.490 e. The third-order valence-corrected chi connectivity index (χ3v) is 4.08.